The minimum absolute atomic E-state index is 0.0483. The number of carboxylic acids is 1. The van der Waals surface area contributed by atoms with Gasteiger partial charge in [-0.1, -0.05) is 30.4 Å². The number of thiocarbonyl (C=S) groups is 1. The topological polar surface area (TPSA) is 57.5 Å². The summed E-state index contributed by atoms with van der Waals surface area (Å²) in [5.41, 5.74) is 1.67. The van der Waals surface area contributed by atoms with Gasteiger partial charge in [-0.25, -0.2) is 4.79 Å². The summed E-state index contributed by atoms with van der Waals surface area (Å²) in [5, 5.41) is 18.3. The first-order chi connectivity index (χ1) is 7.52. The van der Waals surface area contributed by atoms with Crippen LogP contribution in [0.1, 0.15) is 24.0 Å². The van der Waals surface area contributed by atoms with Crippen molar-refractivity contribution >= 4 is 23.1 Å². The fourth-order valence-corrected chi connectivity index (χ4v) is 1.61. The lowest BCUT2D eigenvalue weighted by Crippen LogP contribution is -2.09. The number of hydrogen-bond donors (Lipinski definition) is 2. The van der Waals surface area contributed by atoms with Crippen LogP contribution < -0.4 is 0 Å². The van der Waals surface area contributed by atoms with Crippen molar-refractivity contribution in [2.24, 2.45) is 0 Å². The van der Waals surface area contributed by atoms with Crippen molar-refractivity contribution in [2.45, 2.75) is 26.2 Å². The van der Waals surface area contributed by atoms with Gasteiger partial charge >= 0.3 is 5.97 Å². The number of aliphatic carboxylic acids is 1. The summed E-state index contributed by atoms with van der Waals surface area (Å²) in [7, 11) is 0. The quantitative estimate of drug-likeness (QED) is 0.774. The highest BCUT2D eigenvalue weighted by Gasteiger charge is 2.07. The van der Waals surface area contributed by atoms with Crippen LogP contribution in [0.25, 0.3) is 0 Å². The van der Waals surface area contributed by atoms with Crippen molar-refractivity contribution in [3.05, 3.63) is 29.3 Å². The molecule has 0 aromatic heterocycles. The van der Waals surface area contributed by atoms with Gasteiger partial charge in [-0.3, -0.25) is 0 Å². The van der Waals surface area contributed by atoms with Gasteiger partial charge in [0, 0.05) is 0 Å². The lowest BCUT2D eigenvalue weighted by molar-refractivity contribution is -0.129. The molecule has 2 N–H and O–H groups in total. The molecule has 0 spiro atoms. The third kappa shape index (κ3) is 3.31. The van der Waals surface area contributed by atoms with E-state index in [9.17, 15) is 9.90 Å². The number of benzene rings is 1. The van der Waals surface area contributed by atoms with Crippen molar-refractivity contribution in [1.29, 1.82) is 0 Å². The van der Waals surface area contributed by atoms with Crippen molar-refractivity contribution in [3.63, 3.8) is 0 Å². The van der Waals surface area contributed by atoms with E-state index >= 15 is 0 Å². The second kappa shape index (κ2) is 5.61. The monoisotopic (exact) mass is 238 g/mol. The highest BCUT2D eigenvalue weighted by atomic mass is 32.1. The van der Waals surface area contributed by atoms with Gasteiger partial charge in [0.15, 0.2) is 0 Å². The average Bonchev–Trinajstić information content (AvgIpc) is 2.24. The first-order valence-electron chi connectivity index (χ1n) is 5.06. The van der Waals surface area contributed by atoms with E-state index in [-0.39, 0.29) is 4.86 Å². The first-order valence-corrected chi connectivity index (χ1v) is 5.46. The maximum absolute atomic E-state index is 10.5. The smallest absolute Gasteiger partial charge is 0.342 e. The number of para-hydroxylation sites is 1. The Morgan fingerprint density at radius 1 is 1.44 bits per heavy atom. The van der Waals surface area contributed by atoms with Crippen LogP contribution in [0.4, 0.5) is 0 Å². The van der Waals surface area contributed by atoms with Crippen molar-refractivity contribution < 1.29 is 15.0 Å². The molecular weight excluding hydrogens is 224 g/mol. The summed E-state index contributed by atoms with van der Waals surface area (Å²) in [6.07, 6.45) is 1.65. The minimum Gasteiger partial charge on any atom is -0.507 e. The van der Waals surface area contributed by atoms with Crippen molar-refractivity contribution in [2.75, 3.05) is 0 Å². The molecule has 0 aliphatic rings. The maximum atomic E-state index is 10.5. The Morgan fingerprint density at radius 2 is 2.12 bits per heavy atom. The zero-order chi connectivity index (χ0) is 12.1. The molecule has 0 aliphatic carbocycles. The number of aromatic hydroxyl groups is 1. The van der Waals surface area contributed by atoms with Gasteiger partial charge in [0.05, 0.1) is 4.86 Å². The van der Waals surface area contributed by atoms with Crippen LogP contribution in [0.3, 0.4) is 0 Å². The van der Waals surface area contributed by atoms with Crippen LogP contribution >= 0.6 is 12.2 Å². The predicted molar refractivity (Wildman–Crippen MR) is 66.0 cm³/mol. The molecule has 16 heavy (non-hydrogen) atoms. The summed E-state index contributed by atoms with van der Waals surface area (Å²) in [4.78, 5) is 10.5. The summed E-state index contributed by atoms with van der Waals surface area (Å²) in [6.45, 7) is 1.83. The number of phenolic OH excluding ortho intramolecular Hbond substituents is 1. The molecule has 0 amide bonds. The summed E-state index contributed by atoms with van der Waals surface area (Å²) in [5.74, 6) is -0.729. The number of carbonyl (C=O) groups is 1. The molecule has 0 saturated carbocycles. The van der Waals surface area contributed by atoms with E-state index in [0.717, 1.165) is 11.1 Å². The molecule has 0 aliphatic heterocycles. The Morgan fingerprint density at radius 3 is 2.75 bits per heavy atom. The molecule has 0 unspecified atom stereocenters. The van der Waals surface area contributed by atoms with Crippen LogP contribution in [0, 0.1) is 6.92 Å². The third-order valence-electron chi connectivity index (χ3n) is 2.41. The van der Waals surface area contributed by atoms with Crippen molar-refractivity contribution in [3.8, 4) is 5.75 Å². The second-order valence-electron chi connectivity index (χ2n) is 3.66. The lowest BCUT2D eigenvalue weighted by atomic mass is 10.0. The van der Waals surface area contributed by atoms with E-state index in [1.165, 1.54) is 0 Å². The van der Waals surface area contributed by atoms with Gasteiger partial charge in [-0.05, 0) is 37.3 Å². The van der Waals surface area contributed by atoms with Gasteiger partial charge in [-0.2, -0.15) is 0 Å². The average molecular weight is 238 g/mol. The van der Waals surface area contributed by atoms with E-state index in [1.54, 1.807) is 0 Å². The Kier molecular flexibility index (Phi) is 4.43. The highest BCUT2D eigenvalue weighted by molar-refractivity contribution is 7.82. The Balaban J connectivity index is 2.52. The minimum atomic E-state index is -1.02. The maximum Gasteiger partial charge on any atom is 0.342 e. The molecule has 0 atom stereocenters. The van der Waals surface area contributed by atoms with Gasteiger partial charge in [0.1, 0.15) is 5.75 Å². The van der Waals surface area contributed by atoms with Gasteiger partial charge in [-0.15, -0.1) is 0 Å². The van der Waals surface area contributed by atoms with Crippen LogP contribution in [0.15, 0.2) is 18.2 Å². The zero-order valence-corrected chi connectivity index (χ0v) is 9.88. The number of phenols is 1. The molecule has 0 bridgehead atoms. The fourth-order valence-electron chi connectivity index (χ4n) is 1.47. The van der Waals surface area contributed by atoms with E-state index < -0.39 is 5.97 Å². The molecule has 1 aromatic carbocycles. The molecule has 0 saturated heterocycles. The molecule has 0 radical (unpaired) electrons. The highest BCUT2D eigenvalue weighted by Crippen LogP contribution is 2.22. The summed E-state index contributed by atoms with van der Waals surface area (Å²) < 4.78 is 0. The molecule has 1 rings (SSSR count). The SMILES string of the molecule is Cc1cccc(CCCC(=S)C(=O)O)c1O. The Bertz CT molecular complexity index is 413. The third-order valence-corrected chi connectivity index (χ3v) is 2.79. The van der Waals surface area contributed by atoms with Crippen LogP contribution in [-0.2, 0) is 11.2 Å². The molecular formula is C12H14O3S. The zero-order valence-electron chi connectivity index (χ0n) is 9.06. The largest absolute Gasteiger partial charge is 0.507 e. The van der Waals surface area contributed by atoms with Gasteiger partial charge < -0.3 is 10.2 Å². The second-order valence-corrected chi connectivity index (χ2v) is 4.16. The molecule has 0 heterocycles. The molecule has 0 fully saturated rings. The lowest BCUT2D eigenvalue weighted by Gasteiger charge is -2.06. The van der Waals surface area contributed by atoms with Crippen LogP contribution in [-0.4, -0.2) is 21.0 Å². The van der Waals surface area contributed by atoms with E-state index in [2.05, 4.69) is 12.2 Å². The molecule has 4 heteroatoms. The van der Waals surface area contributed by atoms with Crippen LogP contribution in [0.2, 0.25) is 0 Å². The van der Waals surface area contributed by atoms with E-state index in [1.807, 2.05) is 25.1 Å². The molecule has 86 valence electrons. The summed E-state index contributed by atoms with van der Waals surface area (Å²) >= 11 is 4.69. The fraction of sp³-hybridized carbons (Fsp3) is 0.333. The molecule has 3 nitrogen and oxygen atoms in total. The standard InChI is InChI=1S/C12H14O3S/c1-8-4-2-5-9(11(8)13)6-3-7-10(16)12(14)15/h2,4-5,13H,3,6-7H2,1H3,(H,14,15). The number of aryl methyl sites for hydroxylation is 2. The number of rotatable bonds is 5. The Hall–Kier alpha value is -1.42. The predicted octanol–water partition coefficient (Wildman–Crippen LogP) is 2.48. The van der Waals surface area contributed by atoms with Crippen LogP contribution in [0.5, 0.6) is 5.75 Å². The van der Waals surface area contributed by atoms with Gasteiger partial charge in [0.25, 0.3) is 0 Å². The molecule has 1 aromatic rings. The Labute approximate surface area is 99.7 Å². The normalized spacial score (nSPS) is 10.1. The number of hydrogen-bond acceptors (Lipinski definition) is 3. The van der Waals surface area contributed by atoms with E-state index in [4.69, 9.17) is 5.11 Å². The number of carboxylic acid groups (broad SMARTS) is 1. The van der Waals surface area contributed by atoms with Crippen molar-refractivity contribution in [1.82, 2.24) is 0 Å². The van der Waals surface area contributed by atoms with Gasteiger partial charge in [0.2, 0.25) is 0 Å². The summed E-state index contributed by atoms with van der Waals surface area (Å²) in [6, 6.07) is 5.55. The van der Waals surface area contributed by atoms with E-state index in [0.29, 0.717) is 25.0 Å². The first kappa shape index (κ1) is 12.6.